The van der Waals surface area contributed by atoms with Crippen molar-refractivity contribution < 1.29 is 5.11 Å². The molecule has 0 rings (SSSR count). The van der Waals surface area contributed by atoms with E-state index in [1.807, 2.05) is 0 Å². The molecular formula is C10H27N3O. The molecular weight excluding hydrogens is 178 g/mol. The van der Waals surface area contributed by atoms with Crippen molar-refractivity contribution in [2.75, 3.05) is 45.9 Å². The molecule has 0 spiro atoms. The van der Waals surface area contributed by atoms with E-state index in [9.17, 15) is 0 Å². The lowest BCUT2D eigenvalue weighted by Crippen LogP contribution is -2.24. The monoisotopic (exact) mass is 205 g/mol. The maximum Gasteiger partial charge on any atom is 0.0555 e. The molecule has 0 amide bonds. The molecule has 4 nitrogen and oxygen atoms in total. The third-order valence-electron chi connectivity index (χ3n) is 1.95. The summed E-state index contributed by atoms with van der Waals surface area (Å²) in [4.78, 5) is 2.38. The smallest absolute Gasteiger partial charge is 0.0555 e. The average Bonchev–Trinajstić information content (AvgIpc) is 2.22. The molecule has 0 bridgehead atoms. The molecule has 0 heterocycles. The first-order valence-corrected chi connectivity index (χ1v) is 5.50. The average molecular weight is 205 g/mol. The molecule has 0 unspecified atom stereocenters. The van der Waals surface area contributed by atoms with E-state index < -0.39 is 0 Å². The Bertz CT molecular complexity index is 77.9. The fraction of sp³-hybridized carbons (Fsp3) is 1.00. The number of nitrogens with zero attached hydrogens (tertiary/aromatic N) is 1. The standard InChI is InChI=1S/C6H15N.C4H12N2O/c1-4-7(5-2)6-3;5-1-2-6-3-4-7/h4-6H2,1-3H3;6-7H,1-5H2. The summed E-state index contributed by atoms with van der Waals surface area (Å²) in [6, 6.07) is 0. The van der Waals surface area contributed by atoms with E-state index in [1.165, 1.54) is 19.6 Å². The second kappa shape index (κ2) is 15.3. The molecule has 0 atom stereocenters. The molecule has 14 heavy (non-hydrogen) atoms. The summed E-state index contributed by atoms with van der Waals surface area (Å²) in [6.07, 6.45) is 0. The topological polar surface area (TPSA) is 61.5 Å². The van der Waals surface area contributed by atoms with Crippen LogP contribution in [0.3, 0.4) is 0 Å². The Morgan fingerprint density at radius 1 is 1.07 bits per heavy atom. The maximum atomic E-state index is 8.19. The molecule has 0 radical (unpaired) electrons. The van der Waals surface area contributed by atoms with Crippen LogP contribution in [-0.4, -0.2) is 55.9 Å². The molecule has 0 aromatic rings. The number of aliphatic hydroxyl groups excluding tert-OH is 1. The van der Waals surface area contributed by atoms with Crippen LogP contribution >= 0.6 is 0 Å². The van der Waals surface area contributed by atoms with E-state index in [0.717, 1.165) is 6.54 Å². The molecule has 0 fully saturated rings. The van der Waals surface area contributed by atoms with E-state index in [1.54, 1.807) is 0 Å². The van der Waals surface area contributed by atoms with E-state index in [0.29, 0.717) is 13.1 Å². The Balaban J connectivity index is 0. The second-order valence-corrected chi connectivity index (χ2v) is 2.88. The highest BCUT2D eigenvalue weighted by Crippen LogP contribution is 1.81. The first-order chi connectivity index (χ1) is 6.76. The van der Waals surface area contributed by atoms with Gasteiger partial charge in [0.15, 0.2) is 0 Å². The van der Waals surface area contributed by atoms with Crippen LogP contribution in [-0.2, 0) is 0 Å². The summed E-state index contributed by atoms with van der Waals surface area (Å²) in [7, 11) is 0. The van der Waals surface area contributed by atoms with Gasteiger partial charge in [-0.2, -0.15) is 0 Å². The zero-order valence-corrected chi connectivity index (χ0v) is 9.92. The minimum absolute atomic E-state index is 0.194. The molecule has 0 aliphatic carbocycles. The van der Waals surface area contributed by atoms with E-state index >= 15 is 0 Å². The van der Waals surface area contributed by atoms with Gasteiger partial charge < -0.3 is 21.1 Å². The number of aliphatic hydroxyl groups is 1. The Labute approximate surface area is 88.5 Å². The minimum Gasteiger partial charge on any atom is -0.395 e. The summed E-state index contributed by atoms with van der Waals surface area (Å²) in [5.41, 5.74) is 5.13. The van der Waals surface area contributed by atoms with Crippen LogP contribution < -0.4 is 11.1 Å². The molecule has 0 aromatic heterocycles. The van der Waals surface area contributed by atoms with Crippen molar-refractivity contribution in [3.63, 3.8) is 0 Å². The molecule has 4 heteroatoms. The SMILES string of the molecule is CCN(CC)CC.NCCNCCO. The first-order valence-electron chi connectivity index (χ1n) is 5.50. The summed E-state index contributed by atoms with van der Waals surface area (Å²) in [6.45, 7) is 12.4. The molecule has 0 saturated carbocycles. The van der Waals surface area contributed by atoms with Gasteiger partial charge in [0.05, 0.1) is 6.61 Å². The van der Waals surface area contributed by atoms with Gasteiger partial charge in [0.1, 0.15) is 0 Å². The van der Waals surface area contributed by atoms with Crippen LogP contribution in [0.15, 0.2) is 0 Å². The van der Waals surface area contributed by atoms with Gasteiger partial charge in [-0.1, -0.05) is 20.8 Å². The van der Waals surface area contributed by atoms with Gasteiger partial charge in [0.2, 0.25) is 0 Å². The molecule has 0 aliphatic heterocycles. The van der Waals surface area contributed by atoms with Crippen LogP contribution in [0.2, 0.25) is 0 Å². The lowest BCUT2D eigenvalue weighted by Gasteiger charge is -2.13. The fourth-order valence-corrected chi connectivity index (χ4v) is 0.977. The normalized spacial score (nSPS) is 9.86. The third-order valence-corrected chi connectivity index (χ3v) is 1.95. The van der Waals surface area contributed by atoms with E-state index in [2.05, 4.69) is 31.0 Å². The van der Waals surface area contributed by atoms with Gasteiger partial charge in [-0.15, -0.1) is 0 Å². The predicted octanol–water partition coefficient (Wildman–Crippen LogP) is -0.125. The summed E-state index contributed by atoms with van der Waals surface area (Å²) in [5, 5.41) is 11.1. The minimum atomic E-state index is 0.194. The van der Waals surface area contributed by atoms with Crippen molar-refractivity contribution in [2.24, 2.45) is 5.73 Å². The van der Waals surface area contributed by atoms with Crippen molar-refractivity contribution in [2.45, 2.75) is 20.8 Å². The van der Waals surface area contributed by atoms with E-state index in [-0.39, 0.29) is 6.61 Å². The summed E-state index contributed by atoms with van der Waals surface area (Å²) >= 11 is 0. The highest BCUT2D eigenvalue weighted by molar-refractivity contribution is 4.44. The Morgan fingerprint density at radius 3 is 1.79 bits per heavy atom. The first kappa shape index (κ1) is 16.3. The van der Waals surface area contributed by atoms with E-state index in [4.69, 9.17) is 10.8 Å². The zero-order chi connectivity index (χ0) is 11.2. The van der Waals surface area contributed by atoms with Crippen molar-refractivity contribution in [1.29, 1.82) is 0 Å². The van der Waals surface area contributed by atoms with Crippen LogP contribution in [0.4, 0.5) is 0 Å². The molecule has 0 saturated heterocycles. The quantitative estimate of drug-likeness (QED) is 0.507. The van der Waals surface area contributed by atoms with Crippen molar-refractivity contribution in [1.82, 2.24) is 10.2 Å². The van der Waals surface area contributed by atoms with Crippen LogP contribution in [0.5, 0.6) is 0 Å². The summed E-state index contributed by atoms with van der Waals surface area (Å²) < 4.78 is 0. The van der Waals surface area contributed by atoms with Gasteiger partial charge in [0.25, 0.3) is 0 Å². The highest BCUT2D eigenvalue weighted by Gasteiger charge is 1.89. The van der Waals surface area contributed by atoms with Crippen LogP contribution in [0, 0.1) is 0 Å². The largest absolute Gasteiger partial charge is 0.395 e. The molecule has 0 aromatic carbocycles. The van der Waals surface area contributed by atoms with Gasteiger partial charge in [-0.25, -0.2) is 0 Å². The number of nitrogens with two attached hydrogens (primary N) is 1. The Kier molecular flexibility index (Phi) is 17.8. The van der Waals surface area contributed by atoms with Gasteiger partial charge in [-0.3, -0.25) is 0 Å². The second-order valence-electron chi connectivity index (χ2n) is 2.88. The summed E-state index contributed by atoms with van der Waals surface area (Å²) in [5.74, 6) is 0. The molecule has 88 valence electrons. The Hall–Kier alpha value is -0.160. The lowest BCUT2D eigenvalue weighted by atomic mass is 10.5. The molecule has 0 aliphatic rings. The van der Waals surface area contributed by atoms with Crippen molar-refractivity contribution in [3.05, 3.63) is 0 Å². The number of hydrogen-bond acceptors (Lipinski definition) is 4. The number of nitrogens with one attached hydrogen (secondary N) is 1. The lowest BCUT2D eigenvalue weighted by molar-refractivity contribution is 0.293. The molecule has 4 N–H and O–H groups in total. The van der Waals surface area contributed by atoms with Gasteiger partial charge in [0, 0.05) is 19.6 Å². The third kappa shape index (κ3) is 14.4. The van der Waals surface area contributed by atoms with Crippen molar-refractivity contribution in [3.8, 4) is 0 Å². The predicted molar refractivity (Wildman–Crippen MR) is 62.5 cm³/mol. The Morgan fingerprint density at radius 2 is 1.57 bits per heavy atom. The van der Waals surface area contributed by atoms with Gasteiger partial charge in [-0.05, 0) is 19.6 Å². The van der Waals surface area contributed by atoms with Crippen LogP contribution in [0.1, 0.15) is 20.8 Å². The maximum absolute atomic E-state index is 8.19. The zero-order valence-electron chi connectivity index (χ0n) is 9.92. The number of rotatable bonds is 7. The van der Waals surface area contributed by atoms with Crippen molar-refractivity contribution >= 4 is 0 Å². The highest BCUT2D eigenvalue weighted by atomic mass is 16.3. The van der Waals surface area contributed by atoms with Gasteiger partial charge >= 0.3 is 0 Å². The fourth-order valence-electron chi connectivity index (χ4n) is 0.977. The number of hydrogen-bond donors (Lipinski definition) is 3. The van der Waals surface area contributed by atoms with Crippen LogP contribution in [0.25, 0.3) is 0 Å².